The molecule has 1 aliphatic rings. The lowest BCUT2D eigenvalue weighted by Crippen LogP contribution is -2.46. The number of hydrogen-bond donors (Lipinski definition) is 2. The summed E-state index contributed by atoms with van der Waals surface area (Å²) < 4.78 is 5.90. The van der Waals surface area contributed by atoms with Crippen LogP contribution in [0.1, 0.15) is 41.3 Å². The largest absolute Gasteiger partial charge is 0.492 e. The van der Waals surface area contributed by atoms with Crippen molar-refractivity contribution in [3.05, 3.63) is 101 Å². The summed E-state index contributed by atoms with van der Waals surface area (Å²) in [5, 5.41) is 12.5. The maximum Gasteiger partial charge on any atom is 0.242 e. The SMILES string of the molecule is C[C@H](NC(=O)[C@H]1c2ccccc2CCN1CCOc1ccccc1)c1ccc(CO)cc1. The maximum atomic E-state index is 13.5. The summed E-state index contributed by atoms with van der Waals surface area (Å²) in [6, 6.07) is 25.2. The van der Waals surface area contributed by atoms with Crippen LogP contribution in [0.15, 0.2) is 78.9 Å². The van der Waals surface area contributed by atoms with Gasteiger partial charge in [0.05, 0.1) is 12.6 Å². The van der Waals surface area contributed by atoms with Crippen molar-refractivity contribution in [2.45, 2.75) is 32.0 Å². The molecule has 32 heavy (non-hydrogen) atoms. The molecule has 4 rings (SSSR count). The second kappa shape index (κ2) is 10.4. The van der Waals surface area contributed by atoms with Gasteiger partial charge in [-0.15, -0.1) is 0 Å². The predicted molar refractivity (Wildman–Crippen MR) is 125 cm³/mol. The number of amides is 1. The molecule has 1 amide bonds. The van der Waals surface area contributed by atoms with Crippen LogP contribution in [0.4, 0.5) is 0 Å². The number of aliphatic hydroxyl groups is 1. The van der Waals surface area contributed by atoms with Gasteiger partial charge in [0.25, 0.3) is 0 Å². The second-order valence-electron chi connectivity index (χ2n) is 8.18. The lowest BCUT2D eigenvalue weighted by Gasteiger charge is -2.36. The highest BCUT2D eigenvalue weighted by Crippen LogP contribution is 2.30. The summed E-state index contributed by atoms with van der Waals surface area (Å²) in [5.74, 6) is 0.835. The molecule has 0 aliphatic carbocycles. The van der Waals surface area contributed by atoms with Gasteiger partial charge in [-0.3, -0.25) is 9.69 Å². The number of benzene rings is 3. The number of rotatable bonds is 8. The van der Waals surface area contributed by atoms with E-state index in [9.17, 15) is 9.90 Å². The molecule has 2 N–H and O–H groups in total. The van der Waals surface area contributed by atoms with E-state index in [0.29, 0.717) is 13.2 Å². The van der Waals surface area contributed by atoms with E-state index in [2.05, 4.69) is 22.3 Å². The van der Waals surface area contributed by atoms with E-state index < -0.39 is 0 Å². The Kier molecular flexibility index (Phi) is 7.20. The highest BCUT2D eigenvalue weighted by molar-refractivity contribution is 5.84. The van der Waals surface area contributed by atoms with Gasteiger partial charge in [-0.2, -0.15) is 0 Å². The van der Waals surface area contributed by atoms with Crippen LogP contribution >= 0.6 is 0 Å². The zero-order chi connectivity index (χ0) is 22.3. The molecule has 0 bridgehead atoms. The zero-order valence-corrected chi connectivity index (χ0v) is 18.4. The molecule has 3 aromatic rings. The Morgan fingerprint density at radius 1 is 1.06 bits per heavy atom. The van der Waals surface area contributed by atoms with Crippen molar-refractivity contribution in [3.8, 4) is 5.75 Å². The minimum atomic E-state index is -0.349. The quantitative estimate of drug-likeness (QED) is 0.566. The lowest BCUT2D eigenvalue weighted by atomic mass is 9.91. The first-order chi connectivity index (χ1) is 15.7. The smallest absolute Gasteiger partial charge is 0.242 e. The third-order valence-corrected chi connectivity index (χ3v) is 6.04. The molecule has 5 heteroatoms. The minimum absolute atomic E-state index is 0.00408. The third kappa shape index (κ3) is 5.18. The summed E-state index contributed by atoms with van der Waals surface area (Å²) in [6.45, 7) is 4.01. The molecular formula is C27H30N2O3. The molecule has 0 unspecified atom stereocenters. The van der Waals surface area contributed by atoms with Crippen LogP contribution in [-0.2, 0) is 17.8 Å². The topological polar surface area (TPSA) is 61.8 Å². The van der Waals surface area contributed by atoms with E-state index in [4.69, 9.17) is 4.74 Å². The number of nitrogens with zero attached hydrogens (tertiary/aromatic N) is 1. The van der Waals surface area contributed by atoms with Crippen LogP contribution < -0.4 is 10.1 Å². The number of aliphatic hydroxyl groups excluding tert-OH is 1. The molecule has 1 heterocycles. The maximum absolute atomic E-state index is 13.5. The van der Waals surface area contributed by atoms with Gasteiger partial charge in [-0.05, 0) is 47.7 Å². The van der Waals surface area contributed by atoms with Gasteiger partial charge in [-0.25, -0.2) is 0 Å². The Morgan fingerprint density at radius 2 is 1.78 bits per heavy atom. The van der Waals surface area contributed by atoms with Crippen LogP contribution in [0.2, 0.25) is 0 Å². The molecule has 5 nitrogen and oxygen atoms in total. The Bertz CT molecular complexity index is 1020. The van der Waals surface area contributed by atoms with Crippen LogP contribution in [0.5, 0.6) is 5.75 Å². The summed E-state index contributed by atoms with van der Waals surface area (Å²) in [5.41, 5.74) is 4.17. The molecule has 0 radical (unpaired) electrons. The van der Waals surface area contributed by atoms with Crippen molar-refractivity contribution in [3.63, 3.8) is 0 Å². The Morgan fingerprint density at radius 3 is 2.53 bits per heavy atom. The summed E-state index contributed by atoms with van der Waals surface area (Å²) in [7, 11) is 0. The third-order valence-electron chi connectivity index (χ3n) is 6.04. The number of fused-ring (bicyclic) bond motifs is 1. The molecule has 0 spiro atoms. The molecule has 0 aromatic heterocycles. The fraction of sp³-hybridized carbons (Fsp3) is 0.296. The summed E-state index contributed by atoms with van der Waals surface area (Å²) in [6.07, 6.45) is 0.920. The molecule has 166 valence electrons. The first-order valence-electron chi connectivity index (χ1n) is 11.2. The monoisotopic (exact) mass is 430 g/mol. The average molecular weight is 431 g/mol. The van der Waals surface area contributed by atoms with E-state index in [1.54, 1.807) is 0 Å². The van der Waals surface area contributed by atoms with Crippen molar-refractivity contribution in [2.75, 3.05) is 19.7 Å². The molecule has 0 fully saturated rings. The van der Waals surface area contributed by atoms with Crippen LogP contribution in [-0.4, -0.2) is 35.6 Å². The molecule has 2 atom stereocenters. The van der Waals surface area contributed by atoms with Crippen LogP contribution in [0.3, 0.4) is 0 Å². The first kappa shape index (κ1) is 22.1. The lowest BCUT2D eigenvalue weighted by molar-refractivity contribution is -0.128. The number of carbonyl (C=O) groups excluding carboxylic acids is 1. The molecule has 3 aromatic carbocycles. The van der Waals surface area contributed by atoms with Crippen molar-refractivity contribution < 1.29 is 14.6 Å². The van der Waals surface area contributed by atoms with E-state index in [1.165, 1.54) is 5.56 Å². The van der Waals surface area contributed by atoms with Crippen molar-refractivity contribution in [2.24, 2.45) is 0 Å². The molecule has 0 saturated heterocycles. The predicted octanol–water partition coefficient (Wildman–Crippen LogP) is 4.03. The normalized spacial score (nSPS) is 16.8. The van der Waals surface area contributed by atoms with Crippen LogP contribution in [0, 0.1) is 0 Å². The average Bonchev–Trinajstić information content (AvgIpc) is 2.84. The zero-order valence-electron chi connectivity index (χ0n) is 18.4. The van der Waals surface area contributed by atoms with Gasteiger partial charge in [0.15, 0.2) is 0 Å². The number of para-hydroxylation sites is 1. The van der Waals surface area contributed by atoms with Gasteiger partial charge in [0.1, 0.15) is 18.4 Å². The molecule has 1 aliphatic heterocycles. The standard InChI is InChI=1S/C27H30N2O3/c1-20(22-13-11-21(19-30)12-14-22)28-27(31)26-25-10-6-5-7-23(25)15-16-29(26)17-18-32-24-8-3-2-4-9-24/h2-14,20,26,30H,15-19H2,1H3,(H,28,31)/t20-,26+/m0/s1. The highest BCUT2D eigenvalue weighted by Gasteiger charge is 2.33. The Labute approximate surface area is 189 Å². The van der Waals surface area contributed by atoms with Gasteiger partial charge in [-0.1, -0.05) is 66.7 Å². The van der Waals surface area contributed by atoms with Crippen molar-refractivity contribution in [1.29, 1.82) is 0 Å². The van der Waals surface area contributed by atoms with Crippen molar-refractivity contribution >= 4 is 5.91 Å². The van der Waals surface area contributed by atoms with Crippen molar-refractivity contribution in [1.82, 2.24) is 10.2 Å². The van der Waals surface area contributed by atoms with Gasteiger partial charge in [0.2, 0.25) is 5.91 Å². The first-order valence-corrected chi connectivity index (χ1v) is 11.2. The number of hydrogen-bond acceptors (Lipinski definition) is 4. The summed E-state index contributed by atoms with van der Waals surface area (Å²) >= 11 is 0. The Hall–Kier alpha value is -3.15. The number of ether oxygens (including phenoxy) is 1. The van der Waals surface area contributed by atoms with Gasteiger partial charge < -0.3 is 15.2 Å². The van der Waals surface area contributed by atoms with E-state index in [1.807, 2.05) is 73.7 Å². The van der Waals surface area contributed by atoms with Crippen LogP contribution in [0.25, 0.3) is 0 Å². The fourth-order valence-electron chi connectivity index (χ4n) is 4.25. The molecule has 0 saturated carbocycles. The molecular weight excluding hydrogens is 400 g/mol. The summed E-state index contributed by atoms with van der Waals surface area (Å²) in [4.78, 5) is 15.7. The van der Waals surface area contributed by atoms with Gasteiger partial charge >= 0.3 is 0 Å². The van der Waals surface area contributed by atoms with E-state index in [-0.39, 0.29) is 24.6 Å². The second-order valence-corrected chi connectivity index (χ2v) is 8.18. The Balaban J connectivity index is 1.47. The number of carbonyl (C=O) groups is 1. The van der Waals surface area contributed by atoms with Gasteiger partial charge in [0, 0.05) is 13.1 Å². The number of nitrogens with one attached hydrogen (secondary N) is 1. The van der Waals surface area contributed by atoms with E-state index in [0.717, 1.165) is 35.4 Å². The van der Waals surface area contributed by atoms with E-state index >= 15 is 0 Å². The highest BCUT2D eigenvalue weighted by atomic mass is 16.5. The minimum Gasteiger partial charge on any atom is -0.492 e. The fourth-order valence-corrected chi connectivity index (χ4v) is 4.25.